The molecule has 0 unspecified atom stereocenters. The molecule has 0 spiro atoms. The van der Waals surface area contributed by atoms with Crippen molar-refractivity contribution in [3.63, 3.8) is 0 Å². The average Bonchev–Trinajstić information content (AvgIpc) is 2.82. The molecule has 0 radical (unpaired) electrons. The number of carbonyl (C=O) groups excluding carboxylic acids is 1. The SMILES string of the molecule is COc1cc([C@@H]2C(C#N)=C(N)N(c3ccc(Br)cc3)C3=C2C(=O)CC(C)(C)C3)cc(OC)c1OC. The molecule has 0 aromatic heterocycles. The topological polar surface area (TPSA) is 97.8 Å². The summed E-state index contributed by atoms with van der Waals surface area (Å²) < 4.78 is 17.5. The van der Waals surface area contributed by atoms with E-state index in [1.165, 1.54) is 21.3 Å². The summed E-state index contributed by atoms with van der Waals surface area (Å²) in [6.07, 6.45) is 1.00. The Morgan fingerprint density at radius 3 is 2.17 bits per heavy atom. The summed E-state index contributed by atoms with van der Waals surface area (Å²) in [5.74, 6) is 0.971. The molecule has 0 fully saturated rings. The van der Waals surface area contributed by atoms with Gasteiger partial charge in [0.1, 0.15) is 5.82 Å². The van der Waals surface area contributed by atoms with Crippen molar-refractivity contribution >= 4 is 27.4 Å². The third-order valence-corrected chi connectivity index (χ3v) is 7.01. The van der Waals surface area contributed by atoms with Gasteiger partial charge in [0.05, 0.1) is 38.9 Å². The van der Waals surface area contributed by atoms with Crippen molar-refractivity contribution < 1.29 is 19.0 Å². The van der Waals surface area contributed by atoms with Crippen LogP contribution in [0.15, 0.2) is 63.5 Å². The quantitative estimate of drug-likeness (QED) is 0.543. The van der Waals surface area contributed by atoms with Crippen LogP contribution in [0.25, 0.3) is 0 Å². The molecule has 1 heterocycles. The number of nitriles is 1. The highest BCUT2D eigenvalue weighted by Gasteiger charge is 2.45. The zero-order chi connectivity index (χ0) is 25.5. The number of benzene rings is 2. The summed E-state index contributed by atoms with van der Waals surface area (Å²) >= 11 is 3.47. The Labute approximate surface area is 213 Å². The molecule has 1 aliphatic carbocycles. The lowest BCUT2D eigenvalue weighted by atomic mass is 9.68. The van der Waals surface area contributed by atoms with Crippen LogP contribution < -0.4 is 24.8 Å². The molecule has 4 rings (SSSR count). The first kappa shape index (κ1) is 24.7. The van der Waals surface area contributed by atoms with E-state index >= 15 is 0 Å². The Morgan fingerprint density at radius 1 is 1.06 bits per heavy atom. The van der Waals surface area contributed by atoms with Crippen molar-refractivity contribution in [3.8, 4) is 23.3 Å². The van der Waals surface area contributed by atoms with Crippen LogP contribution in [0.1, 0.15) is 38.2 Å². The third-order valence-electron chi connectivity index (χ3n) is 6.49. The number of nitrogens with zero attached hydrogens (tertiary/aromatic N) is 2. The van der Waals surface area contributed by atoms with Gasteiger partial charge in [-0.25, -0.2) is 0 Å². The first-order chi connectivity index (χ1) is 16.6. The second kappa shape index (κ2) is 9.31. The number of methoxy groups -OCH3 is 3. The van der Waals surface area contributed by atoms with Gasteiger partial charge in [-0.05, 0) is 53.8 Å². The Morgan fingerprint density at radius 2 is 1.66 bits per heavy atom. The number of nitrogens with two attached hydrogens (primary N) is 1. The average molecular weight is 538 g/mol. The minimum absolute atomic E-state index is 0.00244. The lowest BCUT2D eigenvalue weighted by Gasteiger charge is -2.43. The van der Waals surface area contributed by atoms with Gasteiger partial charge in [0.25, 0.3) is 0 Å². The number of allylic oxidation sites excluding steroid dienone is 3. The van der Waals surface area contributed by atoms with Gasteiger partial charge in [-0.3, -0.25) is 9.69 Å². The van der Waals surface area contributed by atoms with Crippen LogP contribution in [0, 0.1) is 16.7 Å². The molecule has 2 aliphatic rings. The summed E-state index contributed by atoms with van der Waals surface area (Å²) in [4.78, 5) is 15.6. The predicted octanol–water partition coefficient (Wildman–Crippen LogP) is 5.42. The minimum Gasteiger partial charge on any atom is -0.493 e. The van der Waals surface area contributed by atoms with Gasteiger partial charge in [0.15, 0.2) is 17.3 Å². The molecule has 7 nitrogen and oxygen atoms in total. The van der Waals surface area contributed by atoms with E-state index in [2.05, 4.69) is 35.8 Å². The van der Waals surface area contributed by atoms with E-state index < -0.39 is 5.92 Å². The maximum absolute atomic E-state index is 13.7. The zero-order valence-electron chi connectivity index (χ0n) is 20.4. The van der Waals surface area contributed by atoms with Gasteiger partial charge in [-0.15, -0.1) is 0 Å². The lowest BCUT2D eigenvalue weighted by molar-refractivity contribution is -0.118. The molecule has 0 bridgehead atoms. The summed E-state index contributed by atoms with van der Waals surface area (Å²) in [6, 6.07) is 13.5. The van der Waals surface area contributed by atoms with Crippen LogP contribution >= 0.6 is 15.9 Å². The maximum atomic E-state index is 13.7. The number of rotatable bonds is 5. The van der Waals surface area contributed by atoms with E-state index in [4.69, 9.17) is 19.9 Å². The van der Waals surface area contributed by atoms with Gasteiger partial charge < -0.3 is 19.9 Å². The number of carbonyl (C=O) groups is 1. The Balaban J connectivity index is 2.02. The number of ether oxygens (including phenoxy) is 3. The molecule has 1 atom stereocenters. The molecule has 0 amide bonds. The van der Waals surface area contributed by atoms with Gasteiger partial charge >= 0.3 is 0 Å². The van der Waals surface area contributed by atoms with Crippen molar-refractivity contribution in [2.75, 3.05) is 26.2 Å². The number of anilines is 1. The van der Waals surface area contributed by atoms with E-state index in [1.54, 1.807) is 12.1 Å². The normalized spacial score (nSPS) is 19.3. The smallest absolute Gasteiger partial charge is 0.203 e. The van der Waals surface area contributed by atoms with Crippen molar-refractivity contribution in [1.82, 2.24) is 0 Å². The van der Waals surface area contributed by atoms with Gasteiger partial charge in [0.2, 0.25) is 5.75 Å². The van der Waals surface area contributed by atoms with E-state index in [9.17, 15) is 10.1 Å². The van der Waals surface area contributed by atoms with Crippen LogP contribution in [0.2, 0.25) is 0 Å². The van der Waals surface area contributed by atoms with Crippen molar-refractivity contribution in [2.24, 2.45) is 11.1 Å². The summed E-state index contributed by atoms with van der Waals surface area (Å²) in [6.45, 7) is 4.14. The van der Waals surface area contributed by atoms with Crippen molar-refractivity contribution in [3.05, 3.63) is 69.1 Å². The fourth-order valence-corrected chi connectivity index (χ4v) is 5.26. The molecule has 2 N–H and O–H groups in total. The van der Waals surface area contributed by atoms with Crippen molar-refractivity contribution in [1.29, 1.82) is 5.26 Å². The highest BCUT2D eigenvalue weighted by molar-refractivity contribution is 9.10. The molecule has 0 saturated carbocycles. The summed E-state index contributed by atoms with van der Waals surface area (Å²) in [7, 11) is 4.60. The van der Waals surface area contributed by atoms with Crippen LogP contribution in [0.4, 0.5) is 5.69 Å². The molecule has 182 valence electrons. The molecule has 1 aliphatic heterocycles. The second-order valence-electron chi connectivity index (χ2n) is 9.42. The number of Topliss-reactive ketones (excluding diaryl/α,β-unsaturated/α-hetero) is 1. The molecule has 0 saturated heterocycles. The number of hydrogen-bond acceptors (Lipinski definition) is 7. The largest absolute Gasteiger partial charge is 0.493 e. The molecule has 2 aromatic rings. The third kappa shape index (κ3) is 4.25. The number of halogens is 1. The molecular formula is C27H28BrN3O4. The Bertz CT molecular complexity index is 1260. The van der Waals surface area contributed by atoms with E-state index in [-0.39, 0.29) is 11.2 Å². The monoisotopic (exact) mass is 537 g/mol. The zero-order valence-corrected chi connectivity index (χ0v) is 22.0. The highest BCUT2D eigenvalue weighted by Crippen LogP contribution is 2.52. The maximum Gasteiger partial charge on any atom is 0.203 e. The van der Waals surface area contributed by atoms with Crippen LogP contribution in [-0.4, -0.2) is 27.1 Å². The van der Waals surface area contributed by atoms with Gasteiger partial charge in [-0.1, -0.05) is 29.8 Å². The van der Waals surface area contributed by atoms with E-state index in [1.807, 2.05) is 29.2 Å². The molecule has 8 heteroatoms. The van der Waals surface area contributed by atoms with Gasteiger partial charge in [-0.2, -0.15) is 5.26 Å². The minimum atomic E-state index is -0.654. The number of ketones is 1. The fraction of sp³-hybridized carbons (Fsp3) is 0.333. The number of hydrogen-bond donors (Lipinski definition) is 1. The summed E-state index contributed by atoms with van der Waals surface area (Å²) in [5.41, 5.74) is 9.60. The van der Waals surface area contributed by atoms with Crippen LogP contribution in [0.5, 0.6) is 17.2 Å². The first-order valence-electron chi connectivity index (χ1n) is 11.2. The highest BCUT2D eigenvalue weighted by atomic mass is 79.9. The second-order valence-corrected chi connectivity index (χ2v) is 10.3. The lowest BCUT2D eigenvalue weighted by Crippen LogP contribution is -2.42. The standard InChI is InChI=1S/C27H28BrN3O4/c1-27(2)12-19-24(20(32)13-27)23(15-10-21(33-3)25(35-5)22(11-15)34-4)18(14-29)26(30)31(19)17-8-6-16(28)7-9-17/h6-11,23H,12-13,30H2,1-5H3/t23-/m1/s1. The molecular weight excluding hydrogens is 510 g/mol. The fourth-order valence-electron chi connectivity index (χ4n) is 5.00. The van der Waals surface area contributed by atoms with Gasteiger partial charge in [0, 0.05) is 27.9 Å². The summed E-state index contributed by atoms with van der Waals surface area (Å²) in [5, 5.41) is 10.3. The van der Waals surface area contributed by atoms with E-state index in [0.29, 0.717) is 52.6 Å². The Hall–Kier alpha value is -3.44. The molecule has 35 heavy (non-hydrogen) atoms. The van der Waals surface area contributed by atoms with E-state index in [0.717, 1.165) is 15.9 Å². The van der Waals surface area contributed by atoms with Crippen LogP contribution in [0.3, 0.4) is 0 Å². The predicted molar refractivity (Wildman–Crippen MR) is 137 cm³/mol. The van der Waals surface area contributed by atoms with Crippen molar-refractivity contribution in [2.45, 2.75) is 32.6 Å². The first-order valence-corrected chi connectivity index (χ1v) is 12.0. The Kier molecular flexibility index (Phi) is 6.56. The van der Waals surface area contributed by atoms with Crippen LogP contribution in [-0.2, 0) is 4.79 Å². The molecule has 2 aromatic carbocycles.